The Kier molecular flexibility index (Phi) is 2.42. The normalized spacial score (nSPS) is 13.0. The maximum absolute atomic E-state index is 5.00. The van der Waals surface area contributed by atoms with Gasteiger partial charge in [-0.1, -0.05) is 10.3 Å². The molecule has 1 atom stereocenters. The smallest absolute Gasteiger partial charge is 0.238 e. The summed E-state index contributed by atoms with van der Waals surface area (Å²) in [5.74, 6) is 0. The second-order valence-electron chi connectivity index (χ2n) is 2.94. The van der Waals surface area contributed by atoms with E-state index < -0.39 is 0 Å². The highest BCUT2D eigenvalue weighted by Gasteiger charge is 2.12. The number of aryl methyl sites for hydroxylation is 1. The number of hydrogen-bond donors (Lipinski definition) is 1. The van der Waals surface area contributed by atoms with E-state index in [1.165, 1.54) is 4.88 Å². The summed E-state index contributed by atoms with van der Waals surface area (Å²) in [5.41, 5.74) is 0. The van der Waals surface area contributed by atoms with E-state index >= 15 is 0 Å². The lowest BCUT2D eigenvalue weighted by Crippen LogP contribution is -2.08. The molecule has 0 saturated heterocycles. The van der Waals surface area contributed by atoms with Gasteiger partial charge in [0.15, 0.2) is 0 Å². The van der Waals surface area contributed by atoms with Gasteiger partial charge in [0.25, 0.3) is 0 Å². The lowest BCUT2D eigenvalue weighted by Gasteiger charge is -2.07. The highest BCUT2D eigenvalue weighted by molar-refractivity contribution is 7.71. The molecular formula is C7H9N5S2. The van der Waals surface area contributed by atoms with Crippen LogP contribution in [0.4, 0.5) is 0 Å². The van der Waals surface area contributed by atoms with Crippen LogP contribution in [0.1, 0.15) is 22.9 Å². The van der Waals surface area contributed by atoms with Gasteiger partial charge in [0.2, 0.25) is 4.77 Å². The predicted molar refractivity (Wildman–Crippen MR) is 55.9 cm³/mol. The molecule has 0 spiro atoms. The van der Waals surface area contributed by atoms with Crippen LogP contribution in [0.25, 0.3) is 0 Å². The first kappa shape index (κ1) is 9.47. The molecule has 0 fully saturated rings. The summed E-state index contributed by atoms with van der Waals surface area (Å²) in [6, 6.07) is 0.0659. The third-order valence-corrected chi connectivity index (χ3v) is 3.24. The summed E-state index contributed by atoms with van der Waals surface area (Å²) in [7, 11) is 0. The van der Waals surface area contributed by atoms with Crippen molar-refractivity contribution in [3.05, 3.63) is 20.9 Å². The third-order valence-electron chi connectivity index (χ3n) is 1.88. The molecule has 0 radical (unpaired) electrons. The molecule has 0 aliphatic rings. The first-order valence-electron chi connectivity index (χ1n) is 4.10. The van der Waals surface area contributed by atoms with E-state index in [9.17, 15) is 0 Å². The SMILES string of the molecule is Cc1cnc(C(C)n2[nH]nnc2=S)s1. The van der Waals surface area contributed by atoms with Crippen molar-refractivity contribution in [2.45, 2.75) is 19.9 Å². The molecule has 0 aliphatic carbocycles. The number of thiazole rings is 1. The minimum atomic E-state index is 0.0659. The number of hydrogen-bond acceptors (Lipinski definition) is 5. The Morgan fingerprint density at radius 3 is 2.93 bits per heavy atom. The topological polar surface area (TPSA) is 59.4 Å². The second-order valence-corrected chi connectivity index (χ2v) is 4.57. The van der Waals surface area contributed by atoms with Gasteiger partial charge in [-0.2, -0.15) is 5.21 Å². The average molecular weight is 227 g/mol. The van der Waals surface area contributed by atoms with Crippen LogP contribution in [-0.4, -0.2) is 25.2 Å². The second kappa shape index (κ2) is 3.58. The van der Waals surface area contributed by atoms with Gasteiger partial charge in [-0.3, -0.25) is 0 Å². The van der Waals surface area contributed by atoms with Crippen molar-refractivity contribution in [1.82, 2.24) is 25.2 Å². The molecule has 5 nitrogen and oxygen atoms in total. The molecule has 0 aromatic carbocycles. The number of nitrogens with one attached hydrogen (secondary N) is 1. The number of rotatable bonds is 2. The summed E-state index contributed by atoms with van der Waals surface area (Å²) in [4.78, 5) is 5.47. The van der Waals surface area contributed by atoms with Crippen LogP contribution >= 0.6 is 23.6 Å². The van der Waals surface area contributed by atoms with Crippen molar-refractivity contribution >= 4 is 23.6 Å². The third kappa shape index (κ3) is 1.60. The van der Waals surface area contributed by atoms with E-state index in [4.69, 9.17) is 12.2 Å². The summed E-state index contributed by atoms with van der Waals surface area (Å²) < 4.78 is 2.17. The van der Waals surface area contributed by atoms with Crippen molar-refractivity contribution in [3.63, 3.8) is 0 Å². The number of aromatic nitrogens is 5. The molecule has 0 aliphatic heterocycles. The van der Waals surface area contributed by atoms with Crippen LogP contribution in [0.2, 0.25) is 0 Å². The molecule has 2 aromatic heterocycles. The summed E-state index contributed by atoms with van der Waals surface area (Å²) >= 11 is 6.65. The Morgan fingerprint density at radius 2 is 2.43 bits per heavy atom. The number of nitrogens with zero attached hydrogens (tertiary/aromatic N) is 4. The van der Waals surface area contributed by atoms with Gasteiger partial charge in [0.1, 0.15) is 11.0 Å². The highest BCUT2D eigenvalue weighted by atomic mass is 32.1. The zero-order valence-electron chi connectivity index (χ0n) is 7.76. The van der Waals surface area contributed by atoms with Gasteiger partial charge >= 0.3 is 0 Å². The van der Waals surface area contributed by atoms with Crippen LogP contribution in [0.3, 0.4) is 0 Å². The molecule has 2 heterocycles. The van der Waals surface area contributed by atoms with Gasteiger partial charge in [0, 0.05) is 11.1 Å². The van der Waals surface area contributed by atoms with E-state index in [-0.39, 0.29) is 6.04 Å². The summed E-state index contributed by atoms with van der Waals surface area (Å²) in [5, 5.41) is 11.1. The number of tetrazole rings is 1. The van der Waals surface area contributed by atoms with Crippen molar-refractivity contribution in [3.8, 4) is 0 Å². The Bertz CT molecular complexity index is 482. The van der Waals surface area contributed by atoms with Crippen LogP contribution in [0, 0.1) is 11.7 Å². The van der Waals surface area contributed by atoms with E-state index in [1.807, 2.05) is 20.0 Å². The summed E-state index contributed by atoms with van der Waals surface area (Å²) in [6.07, 6.45) is 1.85. The molecule has 74 valence electrons. The number of aromatic amines is 1. The van der Waals surface area contributed by atoms with Crippen LogP contribution in [0.5, 0.6) is 0 Å². The molecule has 14 heavy (non-hydrogen) atoms. The maximum atomic E-state index is 5.00. The quantitative estimate of drug-likeness (QED) is 0.793. The van der Waals surface area contributed by atoms with Gasteiger partial charge in [-0.05, 0) is 26.1 Å². The Labute approximate surface area is 89.8 Å². The molecule has 2 aromatic rings. The Hall–Kier alpha value is -1.08. The first-order valence-corrected chi connectivity index (χ1v) is 5.33. The first-order chi connectivity index (χ1) is 6.68. The Balaban J connectivity index is 2.38. The fourth-order valence-electron chi connectivity index (χ4n) is 1.13. The fraction of sp³-hybridized carbons (Fsp3) is 0.429. The molecular weight excluding hydrogens is 218 g/mol. The van der Waals surface area contributed by atoms with E-state index in [2.05, 4.69) is 20.5 Å². The standard InChI is InChI=1S/C7H9N5S2/c1-4-3-8-6(14-4)5(2)12-7(13)9-10-11-12/h3,5H,1-2H3,(H,9,11,13). The van der Waals surface area contributed by atoms with E-state index in [1.54, 1.807) is 16.0 Å². The van der Waals surface area contributed by atoms with Crippen LogP contribution in [-0.2, 0) is 0 Å². The van der Waals surface area contributed by atoms with E-state index in [0.29, 0.717) is 4.77 Å². The van der Waals surface area contributed by atoms with Crippen molar-refractivity contribution in [1.29, 1.82) is 0 Å². The Morgan fingerprint density at radius 1 is 1.64 bits per heavy atom. The average Bonchev–Trinajstić information content (AvgIpc) is 2.73. The molecule has 0 saturated carbocycles. The van der Waals surface area contributed by atoms with E-state index in [0.717, 1.165) is 5.01 Å². The predicted octanol–water partition coefficient (Wildman–Crippen LogP) is 1.71. The molecule has 7 heteroatoms. The monoisotopic (exact) mass is 227 g/mol. The largest absolute Gasteiger partial charge is 0.247 e. The zero-order valence-corrected chi connectivity index (χ0v) is 9.39. The summed E-state index contributed by atoms with van der Waals surface area (Å²) in [6.45, 7) is 4.03. The van der Waals surface area contributed by atoms with Gasteiger partial charge in [-0.15, -0.1) is 11.3 Å². The molecule has 1 unspecified atom stereocenters. The van der Waals surface area contributed by atoms with Crippen molar-refractivity contribution in [2.75, 3.05) is 0 Å². The molecule has 0 bridgehead atoms. The van der Waals surface area contributed by atoms with Gasteiger partial charge in [-0.25, -0.2) is 9.67 Å². The highest BCUT2D eigenvalue weighted by Crippen LogP contribution is 2.21. The minimum absolute atomic E-state index is 0.0659. The van der Waals surface area contributed by atoms with Crippen LogP contribution in [0.15, 0.2) is 6.20 Å². The van der Waals surface area contributed by atoms with Gasteiger partial charge < -0.3 is 0 Å². The number of H-pyrrole nitrogens is 1. The van der Waals surface area contributed by atoms with Crippen molar-refractivity contribution in [2.24, 2.45) is 0 Å². The maximum Gasteiger partial charge on any atom is 0.238 e. The van der Waals surface area contributed by atoms with Crippen LogP contribution < -0.4 is 0 Å². The minimum Gasteiger partial charge on any atom is -0.247 e. The lowest BCUT2D eigenvalue weighted by atomic mass is 10.4. The zero-order chi connectivity index (χ0) is 10.1. The van der Waals surface area contributed by atoms with Crippen molar-refractivity contribution < 1.29 is 0 Å². The fourth-order valence-corrected chi connectivity index (χ4v) is 2.19. The molecule has 2 rings (SSSR count). The lowest BCUT2D eigenvalue weighted by molar-refractivity contribution is 0.535. The molecule has 0 amide bonds. The molecule has 1 N–H and O–H groups in total. The van der Waals surface area contributed by atoms with Gasteiger partial charge in [0.05, 0.1) is 0 Å².